The fourth-order valence-corrected chi connectivity index (χ4v) is 1.89. The Morgan fingerprint density at radius 2 is 1.45 bits per heavy atom. The molecule has 0 spiro atoms. The van der Waals surface area contributed by atoms with Crippen molar-refractivity contribution in [1.82, 2.24) is 0 Å². The van der Waals surface area contributed by atoms with Gasteiger partial charge < -0.3 is 10.5 Å². The predicted octanol–water partition coefficient (Wildman–Crippen LogP) is 5.24. The molecular formula is C16H17ClF3NO. The molecule has 0 aromatic heterocycles. The number of hydrogen-bond donors (Lipinski definition) is 1. The molecule has 120 valence electrons. The summed E-state index contributed by atoms with van der Waals surface area (Å²) in [6, 6.07) is 15.4. The highest BCUT2D eigenvalue weighted by atomic mass is 35.5. The highest BCUT2D eigenvalue weighted by molar-refractivity contribution is 5.85. The van der Waals surface area contributed by atoms with Crippen LogP contribution in [0, 0.1) is 0 Å². The Morgan fingerprint density at radius 1 is 0.909 bits per heavy atom. The Balaban J connectivity index is 0.00000242. The molecule has 2 rings (SSSR count). The largest absolute Gasteiger partial charge is 0.457 e. The minimum atomic E-state index is -4.17. The lowest BCUT2D eigenvalue weighted by atomic mass is 10.0. The van der Waals surface area contributed by atoms with E-state index in [9.17, 15) is 13.2 Å². The fourth-order valence-electron chi connectivity index (χ4n) is 1.89. The van der Waals surface area contributed by atoms with Gasteiger partial charge in [0.2, 0.25) is 0 Å². The molecule has 0 unspecified atom stereocenters. The quantitative estimate of drug-likeness (QED) is 0.812. The molecule has 2 N–H and O–H groups in total. The lowest BCUT2D eigenvalue weighted by Crippen LogP contribution is -2.15. The molecular weight excluding hydrogens is 315 g/mol. The van der Waals surface area contributed by atoms with E-state index >= 15 is 0 Å². The van der Waals surface area contributed by atoms with Crippen molar-refractivity contribution in [3.8, 4) is 11.5 Å². The second kappa shape index (κ2) is 8.06. The van der Waals surface area contributed by atoms with Gasteiger partial charge in [-0.3, -0.25) is 0 Å². The average Bonchev–Trinajstić information content (AvgIpc) is 2.46. The number of nitrogens with two attached hydrogens (primary N) is 1. The van der Waals surface area contributed by atoms with Crippen LogP contribution in [0.3, 0.4) is 0 Å². The van der Waals surface area contributed by atoms with Gasteiger partial charge in [0, 0.05) is 12.5 Å². The second-order valence-corrected chi connectivity index (χ2v) is 4.74. The highest BCUT2D eigenvalue weighted by Gasteiger charge is 2.27. The van der Waals surface area contributed by atoms with Gasteiger partial charge >= 0.3 is 6.18 Å². The van der Waals surface area contributed by atoms with Gasteiger partial charge in [-0.15, -0.1) is 12.4 Å². The molecule has 0 aliphatic rings. The molecule has 2 nitrogen and oxygen atoms in total. The number of halogens is 4. The van der Waals surface area contributed by atoms with E-state index in [4.69, 9.17) is 10.5 Å². The third-order valence-electron chi connectivity index (χ3n) is 3.03. The molecule has 0 saturated heterocycles. The molecule has 0 saturated carbocycles. The highest BCUT2D eigenvalue weighted by Crippen LogP contribution is 2.28. The van der Waals surface area contributed by atoms with Gasteiger partial charge in [-0.1, -0.05) is 30.3 Å². The van der Waals surface area contributed by atoms with Crippen molar-refractivity contribution in [3.05, 3.63) is 60.2 Å². The SMILES string of the molecule is Cl.N[C@@H](CCC(F)(F)F)c1ccc(Oc2ccccc2)cc1. The van der Waals surface area contributed by atoms with Crippen LogP contribution in [0.4, 0.5) is 13.2 Å². The summed E-state index contributed by atoms with van der Waals surface area (Å²) in [6.45, 7) is 0. The Kier molecular flexibility index (Phi) is 6.71. The van der Waals surface area contributed by atoms with E-state index in [0.717, 1.165) is 0 Å². The van der Waals surface area contributed by atoms with E-state index in [-0.39, 0.29) is 18.8 Å². The van der Waals surface area contributed by atoms with Crippen LogP contribution >= 0.6 is 12.4 Å². The normalized spacial score (nSPS) is 12.4. The zero-order chi connectivity index (χ0) is 15.3. The first-order valence-corrected chi connectivity index (χ1v) is 6.59. The zero-order valence-corrected chi connectivity index (χ0v) is 12.5. The smallest absolute Gasteiger partial charge is 0.389 e. The first-order valence-electron chi connectivity index (χ1n) is 6.59. The van der Waals surface area contributed by atoms with Gasteiger partial charge in [0.15, 0.2) is 0 Å². The van der Waals surface area contributed by atoms with Gasteiger partial charge in [0.1, 0.15) is 11.5 Å². The fraction of sp³-hybridized carbons (Fsp3) is 0.250. The summed E-state index contributed by atoms with van der Waals surface area (Å²) in [7, 11) is 0. The maximum absolute atomic E-state index is 12.2. The Morgan fingerprint density at radius 3 is 2.00 bits per heavy atom. The van der Waals surface area contributed by atoms with Crippen LogP contribution in [0.1, 0.15) is 24.4 Å². The van der Waals surface area contributed by atoms with Crippen LogP contribution in [0.25, 0.3) is 0 Å². The van der Waals surface area contributed by atoms with Gasteiger partial charge in [-0.25, -0.2) is 0 Å². The molecule has 0 bridgehead atoms. The van der Waals surface area contributed by atoms with E-state index in [1.54, 1.807) is 24.3 Å². The summed E-state index contributed by atoms with van der Waals surface area (Å²) >= 11 is 0. The van der Waals surface area contributed by atoms with Crippen molar-refractivity contribution >= 4 is 12.4 Å². The summed E-state index contributed by atoms with van der Waals surface area (Å²) < 4.78 is 42.1. The van der Waals surface area contributed by atoms with Crippen molar-refractivity contribution in [2.75, 3.05) is 0 Å². The number of rotatable bonds is 5. The lowest BCUT2D eigenvalue weighted by Gasteiger charge is -2.14. The third-order valence-corrected chi connectivity index (χ3v) is 3.03. The van der Waals surface area contributed by atoms with E-state index in [0.29, 0.717) is 17.1 Å². The summed E-state index contributed by atoms with van der Waals surface area (Å²) in [4.78, 5) is 0. The van der Waals surface area contributed by atoms with Crippen molar-refractivity contribution < 1.29 is 17.9 Å². The maximum atomic E-state index is 12.2. The monoisotopic (exact) mass is 331 g/mol. The Labute approximate surface area is 133 Å². The molecule has 1 atom stereocenters. The Hall–Kier alpha value is -1.72. The standard InChI is InChI=1S/C16H16F3NO.ClH/c17-16(18,19)11-10-15(20)12-6-8-14(9-7-12)21-13-4-2-1-3-5-13;/h1-9,15H,10-11,20H2;1H/t15-;/m0./s1. The topological polar surface area (TPSA) is 35.2 Å². The lowest BCUT2D eigenvalue weighted by molar-refractivity contribution is -0.136. The molecule has 6 heteroatoms. The minimum absolute atomic E-state index is 0. The minimum Gasteiger partial charge on any atom is -0.457 e. The molecule has 0 aliphatic carbocycles. The van der Waals surface area contributed by atoms with Gasteiger partial charge in [0.25, 0.3) is 0 Å². The molecule has 2 aromatic carbocycles. The molecule has 0 amide bonds. The molecule has 2 aromatic rings. The Bertz CT molecular complexity index is 558. The van der Waals surface area contributed by atoms with Crippen LogP contribution in [0.15, 0.2) is 54.6 Å². The van der Waals surface area contributed by atoms with Crippen LogP contribution in [0.2, 0.25) is 0 Å². The van der Waals surface area contributed by atoms with Crippen molar-refractivity contribution in [1.29, 1.82) is 0 Å². The van der Waals surface area contributed by atoms with E-state index in [2.05, 4.69) is 0 Å². The number of alkyl halides is 3. The summed E-state index contributed by atoms with van der Waals surface area (Å²) in [5.41, 5.74) is 6.43. The van der Waals surface area contributed by atoms with Crippen LogP contribution in [0.5, 0.6) is 11.5 Å². The summed E-state index contributed by atoms with van der Waals surface area (Å²) in [5.74, 6) is 1.32. The number of benzene rings is 2. The van der Waals surface area contributed by atoms with Crippen molar-refractivity contribution in [3.63, 3.8) is 0 Å². The van der Waals surface area contributed by atoms with Gasteiger partial charge in [-0.05, 0) is 36.2 Å². The van der Waals surface area contributed by atoms with E-state index in [1.807, 2.05) is 30.3 Å². The van der Waals surface area contributed by atoms with Gasteiger partial charge in [0.05, 0.1) is 0 Å². The van der Waals surface area contributed by atoms with Gasteiger partial charge in [-0.2, -0.15) is 13.2 Å². The van der Waals surface area contributed by atoms with Crippen LogP contribution in [-0.4, -0.2) is 6.18 Å². The summed E-state index contributed by atoms with van der Waals surface area (Å²) in [6.07, 6.45) is -5.17. The predicted molar refractivity (Wildman–Crippen MR) is 82.4 cm³/mol. The van der Waals surface area contributed by atoms with Crippen LogP contribution < -0.4 is 10.5 Å². The number of hydrogen-bond acceptors (Lipinski definition) is 2. The van der Waals surface area contributed by atoms with Crippen molar-refractivity contribution in [2.45, 2.75) is 25.1 Å². The zero-order valence-electron chi connectivity index (χ0n) is 11.7. The number of para-hydroxylation sites is 1. The van der Waals surface area contributed by atoms with Crippen LogP contribution in [-0.2, 0) is 0 Å². The first kappa shape index (κ1) is 18.3. The van der Waals surface area contributed by atoms with E-state index in [1.165, 1.54) is 0 Å². The summed E-state index contributed by atoms with van der Waals surface area (Å²) in [5, 5.41) is 0. The molecule has 22 heavy (non-hydrogen) atoms. The molecule has 0 aliphatic heterocycles. The van der Waals surface area contributed by atoms with E-state index < -0.39 is 18.6 Å². The molecule has 0 fully saturated rings. The average molecular weight is 332 g/mol. The first-order chi connectivity index (χ1) is 9.94. The maximum Gasteiger partial charge on any atom is 0.389 e. The van der Waals surface area contributed by atoms with Crippen molar-refractivity contribution in [2.24, 2.45) is 5.73 Å². The molecule has 0 heterocycles. The third kappa shape index (κ3) is 5.95. The second-order valence-electron chi connectivity index (χ2n) is 4.74. The number of ether oxygens (including phenoxy) is 1. The molecule has 0 radical (unpaired) electrons.